The van der Waals surface area contributed by atoms with Gasteiger partial charge in [-0.05, 0) is 31.2 Å². The summed E-state index contributed by atoms with van der Waals surface area (Å²) in [5, 5.41) is 3.56. The molecule has 0 saturated carbocycles. The lowest BCUT2D eigenvalue weighted by atomic mass is 10.1. The summed E-state index contributed by atoms with van der Waals surface area (Å²) in [5.74, 6) is -0.905. The number of likely N-dealkylation sites (N-methyl/N-ethyl adjacent to an activating group) is 1. The summed E-state index contributed by atoms with van der Waals surface area (Å²) in [7, 11) is 2.79. The quantitative estimate of drug-likeness (QED) is 0.341. The Kier molecular flexibility index (Phi) is 8.32. The average Bonchev–Trinajstić information content (AvgIpc) is 3.16. The molecule has 3 aromatic rings. The van der Waals surface area contributed by atoms with Gasteiger partial charge >= 0.3 is 5.97 Å². The van der Waals surface area contributed by atoms with Gasteiger partial charge in [0, 0.05) is 25.6 Å². The van der Waals surface area contributed by atoms with Crippen molar-refractivity contribution in [2.24, 2.45) is 0 Å². The molecule has 1 aromatic carbocycles. The summed E-state index contributed by atoms with van der Waals surface area (Å²) in [6.45, 7) is 10.4. The van der Waals surface area contributed by atoms with Crippen LogP contribution in [0.25, 0.3) is 10.2 Å². The van der Waals surface area contributed by atoms with Crippen LogP contribution in [0.3, 0.4) is 0 Å². The average molecular weight is 468 g/mol. The summed E-state index contributed by atoms with van der Waals surface area (Å²) in [5.41, 5.74) is 3.06. The van der Waals surface area contributed by atoms with Gasteiger partial charge in [0.25, 0.3) is 5.91 Å². The number of carbonyl (C=O) groups excluding carboxylic acids is 2. The van der Waals surface area contributed by atoms with Crippen LogP contribution in [0.4, 0.5) is 5.69 Å². The number of esters is 1. The van der Waals surface area contributed by atoms with Gasteiger partial charge in [-0.15, -0.1) is 11.3 Å². The van der Waals surface area contributed by atoms with Crippen molar-refractivity contribution >= 4 is 39.1 Å². The van der Waals surface area contributed by atoms with Gasteiger partial charge in [-0.2, -0.15) is 0 Å². The minimum Gasteiger partial charge on any atom is -0.465 e. The van der Waals surface area contributed by atoms with Crippen LogP contribution in [-0.4, -0.2) is 49.1 Å². The molecule has 1 atom stereocenters. The normalized spacial score (nSPS) is 12.0. The summed E-state index contributed by atoms with van der Waals surface area (Å²) in [4.78, 5) is 33.5. The molecule has 0 aliphatic rings. The molecule has 33 heavy (non-hydrogen) atoms. The number of hydrogen-bond donors (Lipinski definition) is 1. The van der Waals surface area contributed by atoms with Crippen LogP contribution in [0, 0.1) is 0 Å². The number of pyridine rings is 1. The van der Waals surface area contributed by atoms with Gasteiger partial charge in [-0.3, -0.25) is 9.69 Å². The molecule has 2 aromatic heterocycles. The maximum Gasteiger partial charge on any atom is 0.350 e. The topological polar surface area (TPSA) is 80.8 Å². The number of rotatable bonds is 10. The minimum absolute atomic E-state index is 0.294. The summed E-state index contributed by atoms with van der Waals surface area (Å²) < 4.78 is 10.4. The standard InChI is InChI=1S/C25H29N3O4S/c1-6-28(14-16(2)3)15-18-12-13-19-20(22(25(30)32-5)33-24(19)26-18)27-23(29)21(31-4)17-10-8-7-9-11-17/h7-13,21H,2,6,14-15H2,1,3-5H3,(H,27,29). The molecule has 0 bridgehead atoms. The molecular formula is C25H29N3O4S. The molecule has 7 nitrogen and oxygen atoms in total. The van der Waals surface area contributed by atoms with E-state index < -0.39 is 12.1 Å². The molecule has 174 valence electrons. The lowest BCUT2D eigenvalue weighted by Gasteiger charge is -2.19. The monoisotopic (exact) mass is 467 g/mol. The van der Waals surface area contributed by atoms with Crippen molar-refractivity contribution in [2.75, 3.05) is 32.6 Å². The van der Waals surface area contributed by atoms with Crippen molar-refractivity contribution in [3.8, 4) is 0 Å². The lowest BCUT2D eigenvalue weighted by molar-refractivity contribution is -0.126. The fourth-order valence-corrected chi connectivity index (χ4v) is 4.63. The zero-order chi connectivity index (χ0) is 24.0. The van der Waals surface area contributed by atoms with Crippen molar-refractivity contribution in [1.82, 2.24) is 9.88 Å². The molecule has 8 heteroatoms. The van der Waals surface area contributed by atoms with E-state index in [4.69, 9.17) is 14.5 Å². The lowest BCUT2D eigenvalue weighted by Crippen LogP contribution is -2.25. The molecule has 2 heterocycles. The Morgan fingerprint density at radius 1 is 1.18 bits per heavy atom. The number of thiophene rings is 1. The first kappa shape index (κ1) is 24.6. The fraction of sp³-hybridized carbons (Fsp3) is 0.320. The van der Waals surface area contributed by atoms with Gasteiger partial charge in [0.1, 0.15) is 9.71 Å². The third-order valence-corrected chi connectivity index (χ3v) is 6.21. The zero-order valence-electron chi connectivity index (χ0n) is 19.4. The van der Waals surface area contributed by atoms with E-state index in [1.807, 2.05) is 49.4 Å². The Hall–Kier alpha value is -3.07. The predicted molar refractivity (Wildman–Crippen MR) is 132 cm³/mol. The van der Waals surface area contributed by atoms with E-state index in [2.05, 4.69) is 23.7 Å². The smallest absolute Gasteiger partial charge is 0.350 e. The molecule has 0 fully saturated rings. The van der Waals surface area contributed by atoms with E-state index in [0.29, 0.717) is 32.9 Å². The molecule has 0 saturated heterocycles. The van der Waals surface area contributed by atoms with Gasteiger partial charge in [-0.25, -0.2) is 9.78 Å². The zero-order valence-corrected chi connectivity index (χ0v) is 20.2. The van der Waals surface area contributed by atoms with Gasteiger partial charge < -0.3 is 14.8 Å². The van der Waals surface area contributed by atoms with Crippen LogP contribution in [0.2, 0.25) is 0 Å². The molecular weight excluding hydrogens is 438 g/mol. The highest BCUT2D eigenvalue weighted by atomic mass is 32.1. The first-order valence-electron chi connectivity index (χ1n) is 10.6. The van der Waals surface area contributed by atoms with Crippen molar-refractivity contribution in [3.05, 3.63) is 70.8 Å². The van der Waals surface area contributed by atoms with E-state index in [9.17, 15) is 9.59 Å². The Morgan fingerprint density at radius 3 is 2.52 bits per heavy atom. The van der Waals surface area contributed by atoms with Crippen LogP contribution in [0.1, 0.15) is 40.9 Å². The molecule has 0 aliphatic carbocycles. The molecule has 3 rings (SSSR count). The highest BCUT2D eigenvalue weighted by molar-refractivity contribution is 7.21. The van der Waals surface area contributed by atoms with Gasteiger partial charge in [0.05, 0.1) is 18.5 Å². The molecule has 0 spiro atoms. The second kappa shape index (κ2) is 11.2. The largest absolute Gasteiger partial charge is 0.465 e. The number of carbonyl (C=O) groups is 2. The summed E-state index contributed by atoms with van der Waals surface area (Å²) in [6, 6.07) is 13.0. The number of aromatic nitrogens is 1. The highest BCUT2D eigenvalue weighted by Crippen LogP contribution is 2.36. The third-order valence-electron chi connectivity index (χ3n) is 5.13. The van der Waals surface area contributed by atoms with Crippen molar-refractivity contribution in [1.29, 1.82) is 0 Å². The van der Waals surface area contributed by atoms with Crippen LogP contribution in [-0.2, 0) is 20.8 Å². The van der Waals surface area contributed by atoms with E-state index in [0.717, 1.165) is 24.4 Å². The molecule has 1 N–H and O–H groups in total. The Balaban J connectivity index is 1.95. The molecule has 1 unspecified atom stereocenters. The minimum atomic E-state index is -0.820. The number of anilines is 1. The molecule has 1 amide bonds. The number of benzene rings is 1. The Bertz CT molecular complexity index is 1140. The van der Waals surface area contributed by atoms with Crippen LogP contribution in [0.5, 0.6) is 0 Å². The van der Waals surface area contributed by atoms with E-state index in [-0.39, 0.29) is 5.91 Å². The molecule has 0 radical (unpaired) electrons. The van der Waals surface area contributed by atoms with E-state index in [1.165, 1.54) is 25.6 Å². The van der Waals surface area contributed by atoms with Crippen molar-refractivity contribution < 1.29 is 19.1 Å². The SMILES string of the molecule is C=C(C)CN(CC)Cc1ccc2c(NC(=O)C(OC)c3ccccc3)c(C(=O)OC)sc2n1. The second-order valence-electron chi connectivity index (χ2n) is 7.73. The van der Waals surface area contributed by atoms with Gasteiger partial charge in [0.2, 0.25) is 0 Å². The first-order valence-corrected chi connectivity index (χ1v) is 11.5. The van der Waals surface area contributed by atoms with Crippen LogP contribution < -0.4 is 5.32 Å². The van der Waals surface area contributed by atoms with Gasteiger partial charge in [-0.1, -0.05) is 49.4 Å². The molecule has 0 aliphatic heterocycles. The van der Waals surface area contributed by atoms with Crippen molar-refractivity contribution in [3.63, 3.8) is 0 Å². The maximum atomic E-state index is 13.1. The summed E-state index contributed by atoms with van der Waals surface area (Å²) >= 11 is 1.20. The number of fused-ring (bicyclic) bond motifs is 1. The number of amides is 1. The number of nitrogens with zero attached hydrogens (tertiary/aromatic N) is 2. The Labute approximate surface area is 198 Å². The second-order valence-corrected chi connectivity index (χ2v) is 8.73. The highest BCUT2D eigenvalue weighted by Gasteiger charge is 2.26. The van der Waals surface area contributed by atoms with Crippen molar-refractivity contribution in [2.45, 2.75) is 26.5 Å². The Morgan fingerprint density at radius 2 is 1.91 bits per heavy atom. The maximum absolute atomic E-state index is 13.1. The fourth-order valence-electron chi connectivity index (χ4n) is 3.57. The number of hydrogen-bond acceptors (Lipinski definition) is 7. The number of methoxy groups -OCH3 is 2. The first-order chi connectivity index (χ1) is 15.9. The predicted octanol–water partition coefficient (Wildman–Crippen LogP) is 4.81. The van der Waals surface area contributed by atoms with Crippen LogP contribution in [0.15, 0.2) is 54.6 Å². The summed E-state index contributed by atoms with van der Waals surface area (Å²) in [6.07, 6.45) is -0.820. The van der Waals surface area contributed by atoms with Gasteiger partial charge in [0.15, 0.2) is 6.10 Å². The van der Waals surface area contributed by atoms with Crippen LogP contribution >= 0.6 is 11.3 Å². The number of nitrogens with one attached hydrogen (secondary N) is 1. The third kappa shape index (κ3) is 5.84. The number of ether oxygens (including phenoxy) is 2. The van der Waals surface area contributed by atoms with E-state index >= 15 is 0 Å². The van der Waals surface area contributed by atoms with E-state index in [1.54, 1.807) is 0 Å².